The predicted molar refractivity (Wildman–Crippen MR) is 105 cm³/mol. The highest BCUT2D eigenvalue weighted by Crippen LogP contribution is 2.17. The van der Waals surface area contributed by atoms with E-state index in [-0.39, 0.29) is 6.54 Å². The van der Waals surface area contributed by atoms with E-state index in [4.69, 9.17) is 9.47 Å². The number of ether oxygens (including phenoxy) is 2. The zero-order valence-electron chi connectivity index (χ0n) is 16.2. The van der Waals surface area contributed by atoms with E-state index in [1.54, 1.807) is 36.4 Å². The second kappa shape index (κ2) is 10.1. The summed E-state index contributed by atoms with van der Waals surface area (Å²) in [6.07, 6.45) is -0.999. The van der Waals surface area contributed by atoms with Crippen LogP contribution in [0.15, 0.2) is 48.5 Å². The standard InChI is InChI=1S/C21H24N2O5/c1-4-27-18-8-6-5-7-17(18)21(26)22-13-19(24)28-15(3)20(25)23-16-11-9-14(2)10-12-16/h5-12,15H,4,13H2,1-3H3,(H,22,26)(H,23,25)/t15-/m1/s1. The van der Waals surface area contributed by atoms with Crippen LogP contribution in [0.5, 0.6) is 5.75 Å². The molecule has 1 atom stereocenters. The number of carbonyl (C=O) groups is 3. The SMILES string of the molecule is CCOc1ccccc1C(=O)NCC(=O)O[C@H](C)C(=O)Nc1ccc(C)cc1. The minimum Gasteiger partial charge on any atom is -0.493 e. The first kappa shape index (κ1) is 21.0. The summed E-state index contributed by atoms with van der Waals surface area (Å²) in [6.45, 7) is 5.28. The molecule has 0 fully saturated rings. The van der Waals surface area contributed by atoms with Gasteiger partial charge in [-0.05, 0) is 45.0 Å². The summed E-state index contributed by atoms with van der Waals surface area (Å²) in [5.41, 5.74) is 2.00. The number of anilines is 1. The summed E-state index contributed by atoms with van der Waals surface area (Å²) in [5.74, 6) is -1.20. The van der Waals surface area contributed by atoms with Crippen LogP contribution in [0.25, 0.3) is 0 Å². The van der Waals surface area contributed by atoms with Gasteiger partial charge in [0.15, 0.2) is 6.10 Å². The van der Waals surface area contributed by atoms with Crippen molar-refractivity contribution in [2.75, 3.05) is 18.5 Å². The lowest BCUT2D eigenvalue weighted by atomic mass is 10.2. The number of rotatable bonds is 8. The maximum atomic E-state index is 12.3. The van der Waals surface area contributed by atoms with E-state index in [9.17, 15) is 14.4 Å². The highest BCUT2D eigenvalue weighted by atomic mass is 16.5. The molecule has 2 aromatic rings. The topological polar surface area (TPSA) is 93.7 Å². The zero-order valence-corrected chi connectivity index (χ0v) is 16.2. The first-order valence-corrected chi connectivity index (χ1v) is 8.97. The van der Waals surface area contributed by atoms with Crippen molar-refractivity contribution < 1.29 is 23.9 Å². The molecule has 0 saturated heterocycles. The van der Waals surface area contributed by atoms with Crippen LogP contribution < -0.4 is 15.4 Å². The second-order valence-corrected chi connectivity index (χ2v) is 6.10. The van der Waals surface area contributed by atoms with Crippen LogP contribution >= 0.6 is 0 Å². The molecular formula is C21H24N2O5. The third-order valence-electron chi connectivity index (χ3n) is 3.82. The Bertz CT molecular complexity index is 833. The van der Waals surface area contributed by atoms with Crippen LogP contribution in [0.3, 0.4) is 0 Å². The molecule has 2 rings (SSSR count). The molecule has 0 saturated carbocycles. The first-order valence-electron chi connectivity index (χ1n) is 8.97. The van der Waals surface area contributed by atoms with Crippen molar-refractivity contribution in [2.45, 2.75) is 26.9 Å². The van der Waals surface area contributed by atoms with Crippen LogP contribution in [-0.2, 0) is 14.3 Å². The molecule has 2 N–H and O–H groups in total. The van der Waals surface area contributed by atoms with Gasteiger partial charge < -0.3 is 20.1 Å². The number of carbonyl (C=O) groups excluding carboxylic acids is 3. The van der Waals surface area contributed by atoms with Gasteiger partial charge in [0.25, 0.3) is 11.8 Å². The highest BCUT2D eigenvalue weighted by molar-refractivity contribution is 5.99. The van der Waals surface area contributed by atoms with E-state index in [1.807, 2.05) is 26.0 Å². The summed E-state index contributed by atoms with van der Waals surface area (Å²) in [6, 6.07) is 14.0. The summed E-state index contributed by atoms with van der Waals surface area (Å²) < 4.78 is 10.5. The Labute approximate surface area is 164 Å². The van der Waals surface area contributed by atoms with Crippen molar-refractivity contribution in [1.29, 1.82) is 0 Å². The normalized spacial score (nSPS) is 11.2. The molecule has 2 amide bonds. The van der Waals surface area contributed by atoms with Gasteiger partial charge in [-0.15, -0.1) is 0 Å². The van der Waals surface area contributed by atoms with Gasteiger partial charge in [0.1, 0.15) is 12.3 Å². The van der Waals surface area contributed by atoms with E-state index >= 15 is 0 Å². The van der Waals surface area contributed by atoms with Gasteiger partial charge in [0, 0.05) is 5.69 Å². The molecule has 0 aliphatic rings. The molecule has 0 radical (unpaired) electrons. The van der Waals surface area contributed by atoms with E-state index in [0.717, 1.165) is 5.56 Å². The number of amides is 2. The smallest absolute Gasteiger partial charge is 0.326 e. The van der Waals surface area contributed by atoms with Gasteiger partial charge in [0.05, 0.1) is 12.2 Å². The number of hydrogen-bond acceptors (Lipinski definition) is 5. The monoisotopic (exact) mass is 384 g/mol. The van der Waals surface area contributed by atoms with Crippen molar-refractivity contribution in [1.82, 2.24) is 5.32 Å². The van der Waals surface area contributed by atoms with E-state index < -0.39 is 23.9 Å². The number of para-hydroxylation sites is 1. The average Bonchev–Trinajstić information content (AvgIpc) is 2.68. The van der Waals surface area contributed by atoms with Crippen molar-refractivity contribution in [3.63, 3.8) is 0 Å². The molecule has 0 aromatic heterocycles. The Kier molecular flexibility index (Phi) is 7.56. The van der Waals surface area contributed by atoms with Gasteiger partial charge in [-0.3, -0.25) is 14.4 Å². The van der Waals surface area contributed by atoms with Crippen LogP contribution in [0.1, 0.15) is 29.8 Å². The Morgan fingerprint density at radius 1 is 1.04 bits per heavy atom. The average molecular weight is 384 g/mol. The quantitative estimate of drug-likeness (QED) is 0.683. The lowest BCUT2D eigenvalue weighted by molar-refractivity contribution is -0.152. The van der Waals surface area contributed by atoms with Gasteiger partial charge in [-0.25, -0.2) is 0 Å². The molecule has 0 aliphatic carbocycles. The van der Waals surface area contributed by atoms with Crippen LogP contribution in [0.4, 0.5) is 5.69 Å². The van der Waals surface area contributed by atoms with Crippen molar-refractivity contribution in [2.24, 2.45) is 0 Å². The van der Waals surface area contributed by atoms with Gasteiger partial charge >= 0.3 is 5.97 Å². The zero-order chi connectivity index (χ0) is 20.5. The summed E-state index contributed by atoms with van der Waals surface area (Å²) >= 11 is 0. The number of nitrogens with one attached hydrogen (secondary N) is 2. The second-order valence-electron chi connectivity index (χ2n) is 6.10. The largest absolute Gasteiger partial charge is 0.493 e. The molecule has 0 spiro atoms. The van der Waals surface area contributed by atoms with Crippen molar-refractivity contribution in [3.8, 4) is 5.75 Å². The fraction of sp³-hybridized carbons (Fsp3) is 0.286. The Balaban J connectivity index is 1.83. The number of esters is 1. The summed E-state index contributed by atoms with van der Waals surface area (Å²) in [5, 5.41) is 5.14. The molecule has 28 heavy (non-hydrogen) atoms. The Morgan fingerprint density at radius 3 is 2.39 bits per heavy atom. The fourth-order valence-electron chi connectivity index (χ4n) is 2.36. The van der Waals surface area contributed by atoms with Crippen LogP contribution in [0.2, 0.25) is 0 Å². The lowest BCUT2D eigenvalue weighted by Crippen LogP contribution is -2.36. The van der Waals surface area contributed by atoms with Gasteiger partial charge in [0.2, 0.25) is 0 Å². The summed E-state index contributed by atoms with van der Waals surface area (Å²) in [4.78, 5) is 36.3. The molecule has 7 heteroatoms. The molecule has 148 valence electrons. The highest BCUT2D eigenvalue weighted by Gasteiger charge is 2.19. The van der Waals surface area contributed by atoms with Crippen LogP contribution in [-0.4, -0.2) is 37.0 Å². The van der Waals surface area contributed by atoms with Crippen molar-refractivity contribution >= 4 is 23.5 Å². The van der Waals surface area contributed by atoms with Gasteiger partial charge in [-0.2, -0.15) is 0 Å². The molecule has 0 unspecified atom stereocenters. The number of aryl methyl sites for hydroxylation is 1. The Morgan fingerprint density at radius 2 is 1.71 bits per heavy atom. The maximum absolute atomic E-state index is 12.3. The van der Waals surface area contributed by atoms with E-state index in [0.29, 0.717) is 23.6 Å². The molecule has 0 bridgehead atoms. The first-order chi connectivity index (χ1) is 13.4. The third-order valence-corrected chi connectivity index (χ3v) is 3.82. The lowest BCUT2D eigenvalue weighted by Gasteiger charge is -2.14. The number of benzene rings is 2. The van der Waals surface area contributed by atoms with Crippen LogP contribution in [0, 0.1) is 6.92 Å². The maximum Gasteiger partial charge on any atom is 0.326 e. The number of hydrogen-bond donors (Lipinski definition) is 2. The molecule has 2 aromatic carbocycles. The molecule has 0 heterocycles. The third kappa shape index (κ3) is 6.12. The molecule has 7 nitrogen and oxygen atoms in total. The van der Waals surface area contributed by atoms with Gasteiger partial charge in [-0.1, -0.05) is 29.8 Å². The summed E-state index contributed by atoms with van der Waals surface area (Å²) in [7, 11) is 0. The minimum atomic E-state index is -0.999. The molecule has 0 aliphatic heterocycles. The van der Waals surface area contributed by atoms with E-state index in [2.05, 4.69) is 10.6 Å². The minimum absolute atomic E-state index is 0.322. The van der Waals surface area contributed by atoms with Crippen molar-refractivity contribution in [3.05, 3.63) is 59.7 Å². The molecular weight excluding hydrogens is 360 g/mol. The van der Waals surface area contributed by atoms with E-state index in [1.165, 1.54) is 6.92 Å². The Hall–Kier alpha value is -3.35. The fourth-order valence-corrected chi connectivity index (χ4v) is 2.36. The predicted octanol–water partition coefficient (Wildman–Crippen LogP) is 2.69.